The van der Waals surface area contributed by atoms with Crippen LogP contribution in [0.4, 0.5) is 5.82 Å². The molecule has 0 saturated carbocycles. The van der Waals surface area contributed by atoms with Crippen LogP contribution in [0.25, 0.3) is 16.9 Å². The SMILES string of the molecule is CC(C)c1cccc(-c2cc(NC(=O)[C@H]3CNC(=O)C3)nn2-c2ccccc2)c1. The number of carbonyl (C=O) groups excluding carboxylic acids is 2. The first-order chi connectivity index (χ1) is 14.0. The molecule has 29 heavy (non-hydrogen) atoms. The maximum atomic E-state index is 12.5. The topological polar surface area (TPSA) is 76.0 Å². The summed E-state index contributed by atoms with van der Waals surface area (Å²) >= 11 is 0. The predicted molar refractivity (Wildman–Crippen MR) is 113 cm³/mol. The van der Waals surface area contributed by atoms with Crippen LogP contribution in [0.3, 0.4) is 0 Å². The molecule has 6 heteroatoms. The molecule has 1 fully saturated rings. The summed E-state index contributed by atoms with van der Waals surface area (Å²) in [5, 5.41) is 10.2. The van der Waals surface area contributed by atoms with E-state index < -0.39 is 0 Å². The normalized spacial score (nSPS) is 16.1. The second kappa shape index (κ2) is 7.91. The highest BCUT2D eigenvalue weighted by Crippen LogP contribution is 2.29. The van der Waals surface area contributed by atoms with Gasteiger partial charge < -0.3 is 10.6 Å². The molecule has 0 bridgehead atoms. The lowest BCUT2D eigenvalue weighted by molar-refractivity contribution is -0.123. The summed E-state index contributed by atoms with van der Waals surface area (Å²) in [4.78, 5) is 24.0. The van der Waals surface area contributed by atoms with Crippen LogP contribution in [0, 0.1) is 5.92 Å². The van der Waals surface area contributed by atoms with Gasteiger partial charge in [0.15, 0.2) is 5.82 Å². The van der Waals surface area contributed by atoms with Gasteiger partial charge in [-0.15, -0.1) is 5.10 Å². The molecule has 2 N–H and O–H groups in total. The first-order valence-electron chi connectivity index (χ1n) is 9.84. The molecule has 0 spiro atoms. The summed E-state index contributed by atoms with van der Waals surface area (Å²) in [7, 11) is 0. The maximum Gasteiger partial charge on any atom is 0.230 e. The summed E-state index contributed by atoms with van der Waals surface area (Å²) in [5.41, 5.74) is 4.08. The molecule has 3 aromatic rings. The van der Waals surface area contributed by atoms with Crippen LogP contribution in [0.5, 0.6) is 0 Å². The minimum Gasteiger partial charge on any atom is -0.355 e. The number of hydrogen-bond donors (Lipinski definition) is 2. The van der Waals surface area contributed by atoms with Crippen molar-refractivity contribution >= 4 is 17.6 Å². The number of hydrogen-bond acceptors (Lipinski definition) is 3. The number of nitrogens with one attached hydrogen (secondary N) is 2. The molecule has 0 aliphatic carbocycles. The van der Waals surface area contributed by atoms with Gasteiger partial charge in [-0.2, -0.15) is 0 Å². The van der Waals surface area contributed by atoms with Crippen molar-refractivity contribution in [3.63, 3.8) is 0 Å². The van der Waals surface area contributed by atoms with Crippen molar-refractivity contribution in [3.8, 4) is 16.9 Å². The van der Waals surface area contributed by atoms with Crippen molar-refractivity contribution in [2.75, 3.05) is 11.9 Å². The number of amides is 2. The van der Waals surface area contributed by atoms with Crippen LogP contribution < -0.4 is 10.6 Å². The van der Waals surface area contributed by atoms with Gasteiger partial charge in [-0.3, -0.25) is 9.59 Å². The number of nitrogens with zero attached hydrogens (tertiary/aromatic N) is 2. The van der Waals surface area contributed by atoms with Gasteiger partial charge in [0.2, 0.25) is 11.8 Å². The Hall–Kier alpha value is -3.41. The van der Waals surface area contributed by atoms with Crippen molar-refractivity contribution < 1.29 is 9.59 Å². The van der Waals surface area contributed by atoms with Gasteiger partial charge >= 0.3 is 0 Å². The van der Waals surface area contributed by atoms with Crippen molar-refractivity contribution in [2.24, 2.45) is 5.92 Å². The van der Waals surface area contributed by atoms with Gasteiger partial charge in [0.1, 0.15) is 0 Å². The van der Waals surface area contributed by atoms with Crippen molar-refractivity contribution in [1.29, 1.82) is 0 Å². The Morgan fingerprint density at radius 1 is 1.14 bits per heavy atom. The fourth-order valence-electron chi connectivity index (χ4n) is 3.49. The smallest absolute Gasteiger partial charge is 0.230 e. The summed E-state index contributed by atoms with van der Waals surface area (Å²) in [6, 6.07) is 20.1. The molecule has 2 amide bonds. The highest BCUT2D eigenvalue weighted by molar-refractivity contribution is 5.97. The Bertz CT molecular complexity index is 1040. The monoisotopic (exact) mass is 388 g/mol. The predicted octanol–water partition coefficient (Wildman–Crippen LogP) is 3.74. The van der Waals surface area contributed by atoms with E-state index >= 15 is 0 Å². The minimum absolute atomic E-state index is 0.0915. The van der Waals surface area contributed by atoms with Crippen molar-refractivity contribution in [2.45, 2.75) is 26.2 Å². The summed E-state index contributed by atoms with van der Waals surface area (Å²) in [5.74, 6) is 0.240. The van der Waals surface area contributed by atoms with Gasteiger partial charge in [-0.25, -0.2) is 4.68 Å². The zero-order chi connectivity index (χ0) is 20.4. The Balaban J connectivity index is 1.71. The Labute approximate surface area is 169 Å². The molecular weight excluding hydrogens is 364 g/mol. The Morgan fingerprint density at radius 2 is 1.93 bits per heavy atom. The molecule has 1 aliphatic rings. The molecule has 1 atom stereocenters. The lowest BCUT2D eigenvalue weighted by Crippen LogP contribution is -2.24. The van der Waals surface area contributed by atoms with E-state index in [9.17, 15) is 9.59 Å². The minimum atomic E-state index is -0.364. The number of carbonyl (C=O) groups is 2. The zero-order valence-corrected chi connectivity index (χ0v) is 16.6. The fourth-order valence-corrected chi connectivity index (χ4v) is 3.49. The zero-order valence-electron chi connectivity index (χ0n) is 16.6. The lowest BCUT2D eigenvalue weighted by Gasteiger charge is -2.10. The van der Waals surface area contributed by atoms with E-state index in [1.165, 1.54) is 5.56 Å². The standard InChI is InChI=1S/C23H24N4O2/c1-15(2)16-7-6-8-17(11-16)20-13-21(25-23(29)18-12-22(28)24-14-18)26-27(20)19-9-4-3-5-10-19/h3-11,13,15,18H,12,14H2,1-2H3,(H,24,28)(H,25,26,29)/t18-/m1/s1. The number of anilines is 1. The second-order valence-electron chi connectivity index (χ2n) is 7.64. The third kappa shape index (κ3) is 4.06. The summed E-state index contributed by atoms with van der Waals surface area (Å²) in [6.45, 7) is 4.69. The molecule has 1 aliphatic heterocycles. The van der Waals surface area contributed by atoms with Crippen molar-refractivity contribution in [1.82, 2.24) is 15.1 Å². The number of rotatable bonds is 5. The Morgan fingerprint density at radius 3 is 2.62 bits per heavy atom. The molecule has 4 rings (SSSR count). The third-order valence-corrected chi connectivity index (χ3v) is 5.16. The van der Waals surface area contributed by atoms with E-state index in [4.69, 9.17) is 0 Å². The van der Waals surface area contributed by atoms with E-state index in [0.29, 0.717) is 18.3 Å². The average Bonchev–Trinajstić information content (AvgIpc) is 3.35. The van der Waals surface area contributed by atoms with Crippen LogP contribution in [0.15, 0.2) is 60.7 Å². The van der Waals surface area contributed by atoms with Gasteiger partial charge in [-0.1, -0.05) is 50.2 Å². The summed E-state index contributed by atoms with van der Waals surface area (Å²) in [6.07, 6.45) is 0.217. The van der Waals surface area contributed by atoms with Crippen LogP contribution in [-0.4, -0.2) is 28.1 Å². The lowest BCUT2D eigenvalue weighted by atomic mass is 9.99. The van der Waals surface area contributed by atoms with Gasteiger partial charge in [0.25, 0.3) is 0 Å². The third-order valence-electron chi connectivity index (χ3n) is 5.16. The second-order valence-corrected chi connectivity index (χ2v) is 7.64. The molecule has 2 heterocycles. The number of para-hydroxylation sites is 1. The largest absolute Gasteiger partial charge is 0.355 e. The molecule has 6 nitrogen and oxygen atoms in total. The molecule has 2 aromatic carbocycles. The highest BCUT2D eigenvalue weighted by atomic mass is 16.2. The number of aromatic nitrogens is 2. The quantitative estimate of drug-likeness (QED) is 0.699. The highest BCUT2D eigenvalue weighted by Gasteiger charge is 2.28. The van der Waals surface area contributed by atoms with E-state index in [1.807, 2.05) is 53.2 Å². The first-order valence-corrected chi connectivity index (χ1v) is 9.84. The average molecular weight is 388 g/mol. The van der Waals surface area contributed by atoms with E-state index in [2.05, 4.69) is 41.7 Å². The van der Waals surface area contributed by atoms with Gasteiger partial charge in [-0.05, 0) is 29.7 Å². The molecule has 148 valence electrons. The van der Waals surface area contributed by atoms with E-state index in [0.717, 1.165) is 16.9 Å². The van der Waals surface area contributed by atoms with E-state index in [-0.39, 0.29) is 24.2 Å². The van der Waals surface area contributed by atoms with E-state index in [1.54, 1.807) is 0 Å². The van der Waals surface area contributed by atoms with Crippen LogP contribution in [-0.2, 0) is 9.59 Å². The molecular formula is C23H24N4O2. The maximum absolute atomic E-state index is 12.5. The van der Waals surface area contributed by atoms with Crippen LogP contribution in [0.1, 0.15) is 31.7 Å². The molecule has 1 aromatic heterocycles. The van der Waals surface area contributed by atoms with Gasteiger partial charge in [0, 0.05) is 24.6 Å². The fraction of sp³-hybridized carbons (Fsp3) is 0.261. The number of benzene rings is 2. The Kier molecular flexibility index (Phi) is 5.16. The van der Waals surface area contributed by atoms with Gasteiger partial charge in [0.05, 0.1) is 17.3 Å². The summed E-state index contributed by atoms with van der Waals surface area (Å²) < 4.78 is 1.84. The molecule has 0 unspecified atom stereocenters. The van der Waals surface area contributed by atoms with Crippen LogP contribution in [0.2, 0.25) is 0 Å². The molecule has 1 saturated heterocycles. The van der Waals surface area contributed by atoms with Crippen LogP contribution >= 0.6 is 0 Å². The molecule has 0 radical (unpaired) electrons. The van der Waals surface area contributed by atoms with Crippen molar-refractivity contribution in [3.05, 3.63) is 66.2 Å². The first kappa shape index (κ1) is 18.9.